The lowest BCUT2D eigenvalue weighted by Crippen LogP contribution is -2.30. The van der Waals surface area contributed by atoms with Crippen LogP contribution in [-0.2, 0) is 28.6 Å². The molecule has 0 N–H and O–H groups in total. The summed E-state index contributed by atoms with van der Waals surface area (Å²) in [4.78, 5) is 38.3. The van der Waals surface area contributed by atoms with E-state index in [0.717, 1.165) is 64.2 Å². The fraction of sp³-hybridized carbons (Fsp3) is 0.897. The Labute approximate surface area is 462 Å². The van der Waals surface area contributed by atoms with E-state index in [1.807, 2.05) is 0 Å². The van der Waals surface area contributed by atoms with E-state index in [4.69, 9.17) is 14.2 Å². The van der Waals surface area contributed by atoms with Crippen LogP contribution in [0.2, 0.25) is 0 Å². The number of hydrogen-bond donors (Lipinski definition) is 0. The van der Waals surface area contributed by atoms with Gasteiger partial charge in [-0.3, -0.25) is 14.4 Å². The second kappa shape index (κ2) is 63.4. The van der Waals surface area contributed by atoms with Gasteiger partial charge in [0.15, 0.2) is 6.10 Å². The normalized spacial score (nSPS) is 12.1. The van der Waals surface area contributed by atoms with E-state index >= 15 is 0 Å². The number of esters is 3. The van der Waals surface area contributed by atoms with Crippen LogP contribution >= 0.6 is 0 Å². The Morgan fingerprint density at radius 1 is 0.257 bits per heavy atom. The highest BCUT2D eigenvalue weighted by atomic mass is 16.6. The Hall–Kier alpha value is -2.11. The molecule has 0 amide bonds. The Morgan fingerprint density at radius 2 is 0.446 bits per heavy atom. The molecule has 0 heterocycles. The van der Waals surface area contributed by atoms with E-state index in [1.54, 1.807) is 0 Å². The van der Waals surface area contributed by atoms with Gasteiger partial charge in [-0.1, -0.05) is 308 Å². The molecule has 436 valence electrons. The number of hydrogen-bond acceptors (Lipinski definition) is 6. The van der Waals surface area contributed by atoms with Gasteiger partial charge in [0.25, 0.3) is 0 Å². The first-order valence-electron chi connectivity index (χ1n) is 33.3. The molecule has 0 aliphatic heterocycles. The van der Waals surface area contributed by atoms with Crippen LogP contribution < -0.4 is 0 Å². The van der Waals surface area contributed by atoms with Gasteiger partial charge in [0.1, 0.15) is 13.2 Å². The van der Waals surface area contributed by atoms with Crippen LogP contribution in [0.1, 0.15) is 374 Å². The minimum atomic E-state index is -0.771. The first-order chi connectivity index (χ1) is 36.5. The summed E-state index contributed by atoms with van der Waals surface area (Å²) in [5, 5.41) is 0. The first kappa shape index (κ1) is 71.9. The summed E-state index contributed by atoms with van der Waals surface area (Å²) in [6.45, 7) is 6.69. The molecule has 6 heteroatoms. The first-order valence-corrected chi connectivity index (χ1v) is 33.3. The molecule has 74 heavy (non-hydrogen) atoms. The predicted octanol–water partition coefficient (Wildman–Crippen LogP) is 22.6. The van der Waals surface area contributed by atoms with Gasteiger partial charge in [-0.15, -0.1) is 0 Å². The van der Waals surface area contributed by atoms with Crippen LogP contribution in [0.25, 0.3) is 0 Å². The molecule has 0 aliphatic carbocycles. The van der Waals surface area contributed by atoms with E-state index < -0.39 is 6.10 Å². The van der Waals surface area contributed by atoms with Crippen LogP contribution in [0.5, 0.6) is 0 Å². The van der Waals surface area contributed by atoms with E-state index in [1.165, 1.54) is 270 Å². The lowest BCUT2D eigenvalue weighted by molar-refractivity contribution is -0.167. The SMILES string of the molecule is CCCCCC/C=C\CCCCCCCC(=O)OCC(COC(=O)CCCCCCCCCCCCCCCCC/C=C\CCCCCCCCCC)OC(=O)CCCCCCCCCCCCCCCCCC. The number of carbonyl (C=O) groups excluding carboxylic acids is 3. The summed E-state index contributed by atoms with van der Waals surface area (Å²) in [5.41, 5.74) is 0. The number of rotatable bonds is 62. The molecule has 0 saturated carbocycles. The standard InChI is InChI=1S/C68H128O6/c1-4-7-10-13-16-19-22-25-27-29-30-31-32-33-34-35-36-37-38-39-41-43-46-49-52-55-58-61-67(70)73-64-65(63-72-66(69)60-57-54-51-48-45-42-24-21-18-15-12-9-6-3)74-68(71)62-59-56-53-50-47-44-40-28-26-23-20-17-14-11-8-5-2/h21,24,29-30,65H,4-20,22-23,25-28,31-64H2,1-3H3/b24-21-,30-29-. The van der Waals surface area contributed by atoms with Crippen LogP contribution in [0.3, 0.4) is 0 Å². The minimum Gasteiger partial charge on any atom is -0.462 e. The highest BCUT2D eigenvalue weighted by Gasteiger charge is 2.19. The van der Waals surface area contributed by atoms with Gasteiger partial charge in [-0.25, -0.2) is 0 Å². The molecular weight excluding hydrogens is 913 g/mol. The molecule has 0 bridgehead atoms. The lowest BCUT2D eigenvalue weighted by atomic mass is 10.0. The van der Waals surface area contributed by atoms with Crippen molar-refractivity contribution in [1.29, 1.82) is 0 Å². The van der Waals surface area contributed by atoms with E-state index in [0.29, 0.717) is 19.3 Å². The third-order valence-corrected chi connectivity index (χ3v) is 15.2. The van der Waals surface area contributed by atoms with Gasteiger partial charge >= 0.3 is 17.9 Å². The molecule has 0 rings (SSSR count). The van der Waals surface area contributed by atoms with Crippen molar-refractivity contribution in [2.75, 3.05) is 13.2 Å². The highest BCUT2D eigenvalue weighted by molar-refractivity contribution is 5.71. The van der Waals surface area contributed by atoms with Crippen molar-refractivity contribution in [2.24, 2.45) is 0 Å². The maximum Gasteiger partial charge on any atom is 0.306 e. The smallest absolute Gasteiger partial charge is 0.306 e. The van der Waals surface area contributed by atoms with Gasteiger partial charge < -0.3 is 14.2 Å². The Balaban J connectivity index is 4.19. The fourth-order valence-corrected chi connectivity index (χ4v) is 10.1. The molecular formula is C68H128O6. The maximum atomic E-state index is 12.9. The third kappa shape index (κ3) is 60.8. The average molecular weight is 1040 g/mol. The van der Waals surface area contributed by atoms with Crippen molar-refractivity contribution in [3.05, 3.63) is 24.3 Å². The number of unbranched alkanes of at least 4 members (excludes halogenated alkanes) is 47. The zero-order valence-electron chi connectivity index (χ0n) is 50.1. The highest BCUT2D eigenvalue weighted by Crippen LogP contribution is 2.18. The number of allylic oxidation sites excluding steroid dienone is 4. The summed E-state index contributed by atoms with van der Waals surface area (Å²) in [6.07, 6.45) is 76.3. The van der Waals surface area contributed by atoms with Gasteiger partial charge in [0.2, 0.25) is 0 Å². The molecule has 0 aromatic rings. The zero-order valence-corrected chi connectivity index (χ0v) is 50.1. The Bertz CT molecular complexity index is 1190. The number of carbonyl (C=O) groups is 3. The predicted molar refractivity (Wildman–Crippen MR) is 321 cm³/mol. The second-order valence-electron chi connectivity index (χ2n) is 22.7. The van der Waals surface area contributed by atoms with Crippen molar-refractivity contribution in [2.45, 2.75) is 380 Å². The lowest BCUT2D eigenvalue weighted by Gasteiger charge is -2.18. The molecule has 1 atom stereocenters. The molecule has 6 nitrogen and oxygen atoms in total. The quantitative estimate of drug-likeness (QED) is 0.0261. The van der Waals surface area contributed by atoms with E-state index in [-0.39, 0.29) is 31.1 Å². The van der Waals surface area contributed by atoms with Crippen molar-refractivity contribution in [1.82, 2.24) is 0 Å². The van der Waals surface area contributed by atoms with Crippen LogP contribution in [-0.4, -0.2) is 37.2 Å². The van der Waals surface area contributed by atoms with Crippen LogP contribution in [0, 0.1) is 0 Å². The largest absolute Gasteiger partial charge is 0.462 e. The third-order valence-electron chi connectivity index (χ3n) is 15.2. The molecule has 0 spiro atoms. The summed E-state index contributed by atoms with van der Waals surface area (Å²) in [7, 11) is 0. The Morgan fingerprint density at radius 3 is 0.689 bits per heavy atom. The van der Waals surface area contributed by atoms with E-state index in [2.05, 4.69) is 45.1 Å². The molecule has 1 unspecified atom stereocenters. The maximum absolute atomic E-state index is 12.9. The van der Waals surface area contributed by atoms with Crippen LogP contribution in [0.4, 0.5) is 0 Å². The fourth-order valence-electron chi connectivity index (χ4n) is 10.1. The van der Waals surface area contributed by atoms with Crippen LogP contribution in [0.15, 0.2) is 24.3 Å². The molecule has 0 radical (unpaired) electrons. The monoisotopic (exact) mass is 1040 g/mol. The zero-order chi connectivity index (χ0) is 53.6. The molecule has 0 aromatic carbocycles. The second-order valence-corrected chi connectivity index (χ2v) is 22.7. The summed E-state index contributed by atoms with van der Waals surface area (Å²) in [5.74, 6) is -0.850. The van der Waals surface area contributed by atoms with E-state index in [9.17, 15) is 14.4 Å². The Kier molecular flexibility index (Phi) is 61.6. The van der Waals surface area contributed by atoms with Crippen molar-refractivity contribution < 1.29 is 28.6 Å². The summed E-state index contributed by atoms with van der Waals surface area (Å²) in [6, 6.07) is 0. The average Bonchev–Trinajstić information content (AvgIpc) is 3.40. The van der Waals surface area contributed by atoms with Gasteiger partial charge in [0, 0.05) is 19.3 Å². The molecule has 0 saturated heterocycles. The molecule has 0 fully saturated rings. The van der Waals surface area contributed by atoms with Crippen molar-refractivity contribution in [3.63, 3.8) is 0 Å². The summed E-state index contributed by atoms with van der Waals surface area (Å²) >= 11 is 0. The van der Waals surface area contributed by atoms with Gasteiger partial charge in [0.05, 0.1) is 0 Å². The number of ether oxygens (including phenoxy) is 3. The van der Waals surface area contributed by atoms with Crippen molar-refractivity contribution >= 4 is 17.9 Å². The minimum absolute atomic E-state index is 0.0681. The molecule has 0 aliphatic rings. The topological polar surface area (TPSA) is 78.9 Å². The van der Waals surface area contributed by atoms with Gasteiger partial charge in [-0.05, 0) is 70.6 Å². The van der Waals surface area contributed by atoms with Crippen molar-refractivity contribution in [3.8, 4) is 0 Å². The summed E-state index contributed by atoms with van der Waals surface area (Å²) < 4.78 is 16.9. The molecule has 0 aromatic heterocycles. The van der Waals surface area contributed by atoms with Gasteiger partial charge in [-0.2, -0.15) is 0 Å².